The Morgan fingerprint density at radius 1 is 1.13 bits per heavy atom. The summed E-state index contributed by atoms with van der Waals surface area (Å²) in [6.45, 7) is 1.26. The Hall–Kier alpha value is -2.24. The van der Waals surface area contributed by atoms with Crippen LogP contribution in [-0.2, 0) is 22.7 Å². The molecule has 3 rings (SSSR count). The minimum absolute atomic E-state index is 0.144. The van der Waals surface area contributed by atoms with Crippen LogP contribution in [0.15, 0.2) is 42.5 Å². The van der Waals surface area contributed by atoms with Crippen molar-refractivity contribution in [3.05, 3.63) is 58.6 Å². The lowest BCUT2D eigenvalue weighted by Crippen LogP contribution is -2.25. The van der Waals surface area contributed by atoms with Crippen molar-refractivity contribution >= 4 is 17.5 Å². The van der Waals surface area contributed by atoms with Crippen molar-refractivity contribution in [2.75, 3.05) is 13.2 Å². The molecule has 0 spiro atoms. The van der Waals surface area contributed by atoms with Gasteiger partial charge >= 0.3 is 0 Å². The lowest BCUT2D eigenvalue weighted by atomic mass is 10.1. The monoisotopic (exact) mass is 333 g/mol. The number of nitrogens with one attached hydrogen (secondary N) is 1. The molecule has 2 aromatic rings. The van der Waals surface area contributed by atoms with Gasteiger partial charge in [0.1, 0.15) is 13.2 Å². The van der Waals surface area contributed by atoms with Gasteiger partial charge in [-0.3, -0.25) is 9.63 Å². The molecule has 0 saturated carbocycles. The number of benzene rings is 2. The summed E-state index contributed by atoms with van der Waals surface area (Å²) in [5, 5.41) is 0.440. The van der Waals surface area contributed by atoms with Crippen molar-refractivity contribution < 1.29 is 19.1 Å². The highest BCUT2D eigenvalue weighted by Gasteiger charge is 2.17. The second kappa shape index (κ2) is 7.35. The summed E-state index contributed by atoms with van der Waals surface area (Å²) in [6.07, 6.45) is 0.144. The van der Waals surface area contributed by atoms with Crippen molar-refractivity contribution in [2.24, 2.45) is 0 Å². The number of hydroxylamine groups is 1. The fourth-order valence-electron chi connectivity index (χ4n) is 2.26. The quantitative estimate of drug-likeness (QED) is 0.855. The molecule has 2 aromatic carbocycles. The molecular weight excluding hydrogens is 318 g/mol. The third kappa shape index (κ3) is 4.15. The van der Waals surface area contributed by atoms with E-state index in [9.17, 15) is 4.79 Å². The molecule has 23 heavy (non-hydrogen) atoms. The predicted molar refractivity (Wildman–Crippen MR) is 85.5 cm³/mol. The van der Waals surface area contributed by atoms with Crippen LogP contribution in [0.5, 0.6) is 11.5 Å². The Labute approximate surface area is 139 Å². The molecule has 1 aliphatic heterocycles. The largest absolute Gasteiger partial charge is 0.486 e. The Balaban J connectivity index is 1.54. The summed E-state index contributed by atoms with van der Waals surface area (Å²) in [5.74, 6) is 0.841. The van der Waals surface area contributed by atoms with Crippen LogP contribution in [0.4, 0.5) is 0 Å². The van der Waals surface area contributed by atoms with Crippen LogP contribution in [0.25, 0.3) is 0 Å². The van der Waals surface area contributed by atoms with Gasteiger partial charge in [0.25, 0.3) is 0 Å². The molecule has 1 amide bonds. The van der Waals surface area contributed by atoms with Crippen molar-refractivity contribution in [2.45, 2.75) is 13.0 Å². The van der Waals surface area contributed by atoms with E-state index < -0.39 is 0 Å². The second-order valence-electron chi connectivity index (χ2n) is 5.08. The van der Waals surface area contributed by atoms with E-state index in [0.29, 0.717) is 36.3 Å². The summed E-state index contributed by atoms with van der Waals surface area (Å²) >= 11 is 6.15. The fourth-order valence-corrected chi connectivity index (χ4v) is 2.55. The number of carbonyl (C=O) groups excluding carboxylic acids is 1. The van der Waals surface area contributed by atoms with Gasteiger partial charge in [-0.25, -0.2) is 5.48 Å². The maximum Gasteiger partial charge on any atom is 0.247 e. The number of fused-ring (bicyclic) bond motifs is 1. The summed E-state index contributed by atoms with van der Waals surface area (Å²) in [6, 6.07) is 13.1. The van der Waals surface area contributed by atoms with E-state index in [1.54, 1.807) is 12.1 Å². The number of carbonyl (C=O) groups is 1. The van der Waals surface area contributed by atoms with Crippen LogP contribution in [0.3, 0.4) is 0 Å². The van der Waals surface area contributed by atoms with E-state index >= 15 is 0 Å². The van der Waals surface area contributed by atoms with E-state index in [0.717, 1.165) is 11.1 Å². The normalized spacial score (nSPS) is 12.7. The molecular formula is C17H16ClNO4. The smallest absolute Gasteiger partial charge is 0.247 e. The van der Waals surface area contributed by atoms with Crippen LogP contribution in [-0.4, -0.2) is 19.1 Å². The Bertz CT molecular complexity index is 690. The SMILES string of the molecule is O=C(Cc1cc(Cl)c2c(c1)OCCO2)NOCc1ccccc1. The molecule has 1 heterocycles. The van der Waals surface area contributed by atoms with Crippen molar-refractivity contribution in [1.82, 2.24) is 5.48 Å². The van der Waals surface area contributed by atoms with Gasteiger partial charge in [-0.2, -0.15) is 0 Å². The number of hydrogen-bond donors (Lipinski definition) is 1. The number of ether oxygens (including phenoxy) is 2. The predicted octanol–water partition coefficient (Wildman–Crippen LogP) is 2.90. The average molecular weight is 334 g/mol. The molecule has 5 nitrogen and oxygen atoms in total. The maximum absolute atomic E-state index is 11.9. The van der Waals surface area contributed by atoms with Crippen LogP contribution >= 0.6 is 11.6 Å². The zero-order chi connectivity index (χ0) is 16.1. The van der Waals surface area contributed by atoms with E-state index in [4.69, 9.17) is 25.9 Å². The van der Waals surface area contributed by atoms with Crippen LogP contribution in [0.1, 0.15) is 11.1 Å². The van der Waals surface area contributed by atoms with Crippen molar-refractivity contribution in [3.8, 4) is 11.5 Å². The lowest BCUT2D eigenvalue weighted by molar-refractivity contribution is -0.133. The highest BCUT2D eigenvalue weighted by molar-refractivity contribution is 6.32. The molecule has 0 aromatic heterocycles. The lowest BCUT2D eigenvalue weighted by Gasteiger charge is -2.20. The molecule has 1 aliphatic rings. The zero-order valence-electron chi connectivity index (χ0n) is 12.4. The van der Waals surface area contributed by atoms with Gasteiger partial charge in [0, 0.05) is 0 Å². The fraction of sp³-hybridized carbons (Fsp3) is 0.235. The first kappa shape index (κ1) is 15.6. The first-order chi connectivity index (χ1) is 11.2. The molecule has 0 aliphatic carbocycles. The van der Waals surface area contributed by atoms with Gasteiger partial charge in [-0.05, 0) is 23.3 Å². The number of halogens is 1. The van der Waals surface area contributed by atoms with E-state index in [1.165, 1.54) is 0 Å². The highest BCUT2D eigenvalue weighted by Crippen LogP contribution is 2.38. The topological polar surface area (TPSA) is 56.8 Å². The average Bonchev–Trinajstić information content (AvgIpc) is 2.56. The third-order valence-corrected chi connectivity index (χ3v) is 3.57. The van der Waals surface area contributed by atoms with Gasteiger partial charge in [0.2, 0.25) is 5.91 Å². The first-order valence-electron chi connectivity index (χ1n) is 7.25. The Morgan fingerprint density at radius 3 is 2.74 bits per heavy atom. The maximum atomic E-state index is 11.9. The van der Waals surface area contributed by atoms with Gasteiger partial charge in [-0.1, -0.05) is 41.9 Å². The van der Waals surface area contributed by atoms with Gasteiger partial charge in [0.05, 0.1) is 18.1 Å². The van der Waals surface area contributed by atoms with Crippen LogP contribution in [0, 0.1) is 0 Å². The Morgan fingerprint density at radius 2 is 1.91 bits per heavy atom. The molecule has 120 valence electrons. The number of hydrogen-bond acceptors (Lipinski definition) is 4. The third-order valence-electron chi connectivity index (χ3n) is 3.29. The summed E-state index contributed by atoms with van der Waals surface area (Å²) < 4.78 is 10.9. The van der Waals surface area contributed by atoms with Crippen molar-refractivity contribution in [1.29, 1.82) is 0 Å². The zero-order valence-corrected chi connectivity index (χ0v) is 13.1. The molecule has 0 radical (unpaired) electrons. The highest BCUT2D eigenvalue weighted by atomic mass is 35.5. The molecule has 6 heteroatoms. The number of rotatable bonds is 5. The summed E-state index contributed by atoms with van der Waals surface area (Å²) in [7, 11) is 0. The molecule has 1 N–H and O–H groups in total. The molecule has 0 bridgehead atoms. The van der Waals surface area contributed by atoms with E-state index in [1.807, 2.05) is 30.3 Å². The van der Waals surface area contributed by atoms with Gasteiger partial charge < -0.3 is 9.47 Å². The summed E-state index contributed by atoms with van der Waals surface area (Å²) in [4.78, 5) is 17.1. The van der Waals surface area contributed by atoms with Crippen LogP contribution < -0.4 is 15.0 Å². The number of amides is 1. The molecule has 0 fully saturated rings. The van der Waals surface area contributed by atoms with Gasteiger partial charge in [-0.15, -0.1) is 0 Å². The first-order valence-corrected chi connectivity index (χ1v) is 7.63. The molecule has 0 unspecified atom stereocenters. The van der Waals surface area contributed by atoms with Crippen molar-refractivity contribution in [3.63, 3.8) is 0 Å². The molecule has 0 saturated heterocycles. The minimum atomic E-state index is -0.256. The molecule has 0 atom stereocenters. The van der Waals surface area contributed by atoms with E-state index in [2.05, 4.69) is 5.48 Å². The second-order valence-corrected chi connectivity index (χ2v) is 5.49. The Kier molecular flexibility index (Phi) is 5.00. The minimum Gasteiger partial charge on any atom is -0.486 e. The van der Waals surface area contributed by atoms with Gasteiger partial charge in [0.15, 0.2) is 11.5 Å². The van der Waals surface area contributed by atoms with E-state index in [-0.39, 0.29) is 12.3 Å². The van der Waals surface area contributed by atoms with Crippen LogP contribution in [0.2, 0.25) is 5.02 Å². The standard InChI is InChI=1S/C17H16ClNO4/c18-14-8-13(9-15-17(14)22-7-6-21-15)10-16(20)19-23-11-12-4-2-1-3-5-12/h1-5,8-9H,6-7,10-11H2,(H,19,20). The summed E-state index contributed by atoms with van der Waals surface area (Å²) in [5.41, 5.74) is 4.14.